The molecule has 0 spiro atoms. The van der Waals surface area contributed by atoms with Crippen molar-refractivity contribution < 1.29 is 26.3 Å². The van der Waals surface area contributed by atoms with Gasteiger partial charge in [-0.05, 0) is 103 Å². The van der Waals surface area contributed by atoms with Crippen LogP contribution >= 0.6 is 0 Å². The molecular formula is C61H61F6N9O8. The molecule has 0 bridgehead atoms. The predicted octanol–water partition coefficient (Wildman–Crippen LogP) is 10.2. The zero-order chi connectivity index (χ0) is 62.6. The molecule has 9 aromatic heterocycles. The minimum atomic E-state index is -4.57. The molecular weight excluding hydrogens is 1100 g/mol. The van der Waals surface area contributed by atoms with E-state index in [1.807, 2.05) is 82.3 Å². The highest BCUT2D eigenvalue weighted by molar-refractivity contribution is 5.58. The smallest absolute Gasteiger partial charge is 0.367 e. The van der Waals surface area contributed by atoms with Gasteiger partial charge in [-0.15, -0.1) is 0 Å². The van der Waals surface area contributed by atoms with E-state index < -0.39 is 34.5 Å². The van der Waals surface area contributed by atoms with Crippen molar-refractivity contribution in [2.45, 2.75) is 67.7 Å². The highest BCUT2D eigenvalue weighted by Crippen LogP contribution is 2.26. The molecule has 0 aliphatic heterocycles. The number of nitrogens with one attached hydrogen (secondary N) is 8. The predicted molar refractivity (Wildman–Crippen MR) is 313 cm³/mol. The Labute approximate surface area is 475 Å². The normalized spacial score (nSPS) is 10.2. The van der Waals surface area contributed by atoms with E-state index in [9.17, 15) is 64.7 Å². The minimum Gasteiger partial charge on any atom is -0.367 e. The number of aryl methyl sites for hydroxylation is 8. The van der Waals surface area contributed by atoms with Crippen molar-refractivity contribution in [3.63, 3.8) is 0 Å². The second-order valence-electron chi connectivity index (χ2n) is 18.0. The van der Waals surface area contributed by atoms with Gasteiger partial charge in [0.15, 0.2) is 27.1 Å². The summed E-state index contributed by atoms with van der Waals surface area (Å²) < 4.78 is 71.9. The first-order valence-corrected chi connectivity index (χ1v) is 25.0. The van der Waals surface area contributed by atoms with Crippen molar-refractivity contribution in [2.75, 3.05) is 0 Å². The largest absolute Gasteiger partial charge is 0.421 e. The molecule has 9 heterocycles. The fourth-order valence-corrected chi connectivity index (χ4v) is 6.51. The van der Waals surface area contributed by atoms with Gasteiger partial charge in [0.1, 0.15) is 11.1 Å². The molecule has 17 nitrogen and oxygen atoms in total. The Bertz CT molecular complexity index is 3950. The summed E-state index contributed by atoms with van der Waals surface area (Å²) in [6.45, 7) is 13.9. The SMILES string of the molecule is Cc1c[nH]cc(C(F)(F)F)c1=O.Cc1c[nH]ccc1=O.Cc1cc(=O)cc(-c2ccccc2)[nH]1.Cc1cc(=O)cc(-c2ccccn2)[nH]1.Cc1cc(=O)cc[nH]1.Cc1cc[nH]c(=O)c1.Cc1ccc(C(F)(F)F)c(=O)[nH]1.Cc1ccc[nH]c1=O. The molecule has 10 rings (SSSR count). The molecule has 0 radical (unpaired) electrons. The van der Waals surface area contributed by atoms with Gasteiger partial charge in [0.25, 0.3) is 11.1 Å². The standard InChI is InChI=1S/C12H11NO.C11H10N2O.2C7H6F3NO.4C6H7NO/c1-9-7-11(14)8-12(13-9)10-5-3-2-4-6-10;1-8-6-9(14)7-11(13-8)10-4-2-3-5-12-10;1-4-2-11-3-5(6(4)12)7(8,9)10;1-4-2-3-5(6(12)11-4)7(8,9)10;1-5-4-7-3-2-6(5)8;1-5-4-6(8)2-3-7-5;1-5-2-3-7-6(8)4-5;1-5-3-2-4-7-6(5)8/h2-8H,1H3,(H,13,14);2-7H,1H3,(H,13,14);2*2-3H,1H3,(H,11,12);4*2-4H,1H3,(H,7,8). The maximum atomic E-state index is 12.0. The summed E-state index contributed by atoms with van der Waals surface area (Å²) in [7, 11) is 0. The van der Waals surface area contributed by atoms with Crippen LogP contribution in [0, 0.1) is 55.4 Å². The molecule has 0 fully saturated rings. The maximum Gasteiger partial charge on any atom is 0.421 e. The number of hydrogen-bond acceptors (Lipinski definition) is 9. The highest BCUT2D eigenvalue weighted by atomic mass is 19.4. The molecule has 0 atom stereocenters. The number of hydrogen-bond donors (Lipinski definition) is 8. The second-order valence-corrected chi connectivity index (χ2v) is 18.0. The average Bonchev–Trinajstić information content (AvgIpc) is 3.58. The summed E-state index contributed by atoms with van der Waals surface area (Å²) in [5, 5.41) is 0. The Morgan fingerprint density at radius 2 is 1.00 bits per heavy atom. The van der Waals surface area contributed by atoms with Crippen LogP contribution in [0.2, 0.25) is 0 Å². The summed E-state index contributed by atoms with van der Waals surface area (Å²) in [5.41, 5.74) is 4.83. The zero-order valence-electron chi connectivity index (χ0n) is 46.7. The van der Waals surface area contributed by atoms with Crippen LogP contribution in [0.3, 0.4) is 0 Å². The molecule has 440 valence electrons. The lowest BCUT2D eigenvalue weighted by Gasteiger charge is -2.04. The van der Waals surface area contributed by atoms with Gasteiger partial charge in [-0.25, -0.2) is 0 Å². The number of alkyl halides is 6. The van der Waals surface area contributed by atoms with Crippen LogP contribution in [0.1, 0.15) is 56.2 Å². The highest BCUT2D eigenvalue weighted by Gasteiger charge is 2.34. The van der Waals surface area contributed by atoms with E-state index in [0.717, 1.165) is 62.5 Å². The third-order valence-electron chi connectivity index (χ3n) is 10.7. The number of aromatic amines is 8. The third kappa shape index (κ3) is 25.3. The van der Waals surface area contributed by atoms with Crippen LogP contribution in [-0.2, 0) is 12.4 Å². The van der Waals surface area contributed by atoms with Crippen molar-refractivity contribution in [3.05, 3.63) is 315 Å². The number of benzene rings is 1. The van der Waals surface area contributed by atoms with Crippen LogP contribution in [0.25, 0.3) is 22.6 Å². The van der Waals surface area contributed by atoms with E-state index in [0.29, 0.717) is 11.9 Å². The van der Waals surface area contributed by atoms with E-state index in [1.54, 1.807) is 99.6 Å². The number of rotatable bonds is 2. The topological polar surface area (TPSA) is 276 Å². The van der Waals surface area contributed by atoms with Crippen LogP contribution < -0.4 is 43.8 Å². The summed E-state index contributed by atoms with van der Waals surface area (Å²) in [4.78, 5) is 112. The minimum absolute atomic E-state index is 0.00176. The molecule has 0 saturated heterocycles. The molecule has 8 N–H and O–H groups in total. The Balaban J connectivity index is 0.000000254. The summed E-state index contributed by atoms with van der Waals surface area (Å²) in [6, 6.07) is 35.3. The third-order valence-corrected chi connectivity index (χ3v) is 10.7. The van der Waals surface area contributed by atoms with Crippen molar-refractivity contribution in [2.24, 2.45) is 0 Å². The first-order valence-electron chi connectivity index (χ1n) is 25.0. The number of H-pyrrole nitrogens is 8. The van der Waals surface area contributed by atoms with Crippen molar-refractivity contribution >= 4 is 0 Å². The van der Waals surface area contributed by atoms with E-state index in [4.69, 9.17) is 0 Å². The summed E-state index contributed by atoms with van der Waals surface area (Å²) >= 11 is 0. The van der Waals surface area contributed by atoms with E-state index in [-0.39, 0.29) is 38.4 Å². The van der Waals surface area contributed by atoms with Gasteiger partial charge in [0.05, 0.1) is 11.4 Å². The lowest BCUT2D eigenvalue weighted by Crippen LogP contribution is -2.21. The number of nitrogens with zero attached hydrogens (tertiary/aromatic N) is 1. The van der Waals surface area contributed by atoms with Crippen LogP contribution in [0.5, 0.6) is 0 Å². The Hall–Kier alpha value is -10.5. The zero-order valence-corrected chi connectivity index (χ0v) is 46.7. The van der Waals surface area contributed by atoms with Gasteiger partial charge in [-0.2, -0.15) is 26.3 Å². The first-order chi connectivity index (χ1) is 39.5. The molecule has 84 heavy (non-hydrogen) atoms. The lowest BCUT2D eigenvalue weighted by atomic mass is 10.1. The number of pyridine rings is 9. The lowest BCUT2D eigenvalue weighted by molar-refractivity contribution is -0.139. The van der Waals surface area contributed by atoms with Gasteiger partial charge in [0.2, 0.25) is 5.56 Å². The second kappa shape index (κ2) is 33.3. The Kier molecular flexibility index (Phi) is 26.9. The first kappa shape index (κ1) is 67.8. The van der Waals surface area contributed by atoms with E-state index >= 15 is 0 Å². The number of aromatic nitrogens is 9. The van der Waals surface area contributed by atoms with Crippen LogP contribution in [-0.4, -0.2) is 44.9 Å². The van der Waals surface area contributed by atoms with Crippen LogP contribution in [0.15, 0.2) is 215 Å². The average molecular weight is 1160 g/mol. The molecule has 0 aliphatic rings. The van der Waals surface area contributed by atoms with Gasteiger partial charge in [-0.3, -0.25) is 43.3 Å². The summed E-state index contributed by atoms with van der Waals surface area (Å²) in [6.07, 6.45) is 2.66. The quantitative estimate of drug-likeness (QED) is 0.0764. The van der Waals surface area contributed by atoms with Gasteiger partial charge < -0.3 is 39.9 Å². The van der Waals surface area contributed by atoms with Crippen molar-refractivity contribution in [1.29, 1.82) is 0 Å². The Morgan fingerprint density at radius 3 is 1.45 bits per heavy atom. The van der Waals surface area contributed by atoms with E-state index in [2.05, 4.69) is 44.9 Å². The summed E-state index contributed by atoms with van der Waals surface area (Å²) in [5.74, 6) is 0. The van der Waals surface area contributed by atoms with Crippen molar-refractivity contribution in [1.82, 2.24) is 44.9 Å². The number of halogens is 6. The fraction of sp³-hybridized carbons (Fsp3) is 0.164. The van der Waals surface area contributed by atoms with Gasteiger partial charge >= 0.3 is 12.4 Å². The van der Waals surface area contributed by atoms with E-state index in [1.165, 1.54) is 38.2 Å². The van der Waals surface area contributed by atoms with Crippen molar-refractivity contribution in [3.8, 4) is 22.6 Å². The molecule has 0 aliphatic carbocycles. The monoisotopic (exact) mass is 1160 g/mol. The molecule has 0 unspecified atom stereocenters. The molecule has 23 heteroatoms. The molecule has 0 amide bonds. The fourth-order valence-electron chi connectivity index (χ4n) is 6.51. The Morgan fingerprint density at radius 1 is 0.405 bits per heavy atom. The molecule has 1 aromatic carbocycles. The maximum absolute atomic E-state index is 12.0. The molecule has 0 saturated carbocycles. The molecule has 10 aromatic rings. The van der Waals surface area contributed by atoms with Gasteiger partial charge in [-0.1, -0.05) is 42.5 Å². The van der Waals surface area contributed by atoms with Gasteiger partial charge in [0, 0.05) is 143 Å². The van der Waals surface area contributed by atoms with Crippen LogP contribution in [0.4, 0.5) is 26.3 Å².